The summed E-state index contributed by atoms with van der Waals surface area (Å²) in [5.41, 5.74) is 1.20. The molecule has 0 saturated carbocycles. The molecule has 2 aromatic rings. The second kappa shape index (κ2) is 4.85. The Morgan fingerprint density at radius 3 is 2.79 bits per heavy atom. The van der Waals surface area contributed by atoms with Crippen molar-refractivity contribution in [3.8, 4) is 5.75 Å². The summed E-state index contributed by atoms with van der Waals surface area (Å²) in [6.45, 7) is 1.67. The van der Waals surface area contributed by atoms with E-state index in [1.54, 1.807) is 13.3 Å². The minimum Gasteiger partial charge on any atom is -0.495 e. The Bertz CT molecular complexity index is 632. The number of amides is 1. The van der Waals surface area contributed by atoms with E-state index in [9.17, 15) is 4.79 Å². The summed E-state index contributed by atoms with van der Waals surface area (Å²) >= 11 is 3.42. The van der Waals surface area contributed by atoms with Gasteiger partial charge in [0.2, 0.25) is 0 Å². The average molecular weight is 324 g/mol. The van der Waals surface area contributed by atoms with Gasteiger partial charge in [-0.15, -0.1) is 0 Å². The third-order valence-corrected chi connectivity index (χ3v) is 3.94. The Hall–Kier alpha value is -1.56. The molecule has 0 N–H and O–H groups in total. The SMILES string of the molecule is COc1cc2nc(C(=O)N3CCCC3)cn2cc1Br. The van der Waals surface area contributed by atoms with Gasteiger partial charge in [-0.25, -0.2) is 4.98 Å². The number of imidazole rings is 1. The third-order valence-electron chi connectivity index (χ3n) is 3.34. The quantitative estimate of drug-likeness (QED) is 0.852. The molecule has 3 heterocycles. The Kier molecular flexibility index (Phi) is 3.18. The molecule has 1 amide bonds. The first kappa shape index (κ1) is 12.5. The van der Waals surface area contributed by atoms with E-state index in [1.807, 2.05) is 21.6 Å². The number of carbonyl (C=O) groups is 1. The maximum atomic E-state index is 12.3. The van der Waals surface area contributed by atoms with Crippen molar-refractivity contribution in [2.75, 3.05) is 20.2 Å². The fourth-order valence-corrected chi connectivity index (χ4v) is 2.83. The average Bonchev–Trinajstić information content (AvgIpc) is 3.05. The van der Waals surface area contributed by atoms with Crippen molar-refractivity contribution in [3.63, 3.8) is 0 Å². The molecule has 1 aliphatic rings. The van der Waals surface area contributed by atoms with E-state index in [-0.39, 0.29) is 5.91 Å². The maximum absolute atomic E-state index is 12.3. The highest BCUT2D eigenvalue weighted by Crippen LogP contribution is 2.26. The molecule has 0 bridgehead atoms. The predicted octanol–water partition coefficient (Wildman–Crippen LogP) is 2.34. The number of hydrogen-bond donors (Lipinski definition) is 0. The molecule has 0 aliphatic carbocycles. The lowest BCUT2D eigenvalue weighted by molar-refractivity contribution is 0.0787. The summed E-state index contributed by atoms with van der Waals surface area (Å²) in [6.07, 6.45) is 5.78. The van der Waals surface area contributed by atoms with Crippen LogP contribution in [0.1, 0.15) is 23.3 Å². The Morgan fingerprint density at radius 1 is 1.37 bits per heavy atom. The zero-order valence-corrected chi connectivity index (χ0v) is 12.2. The second-order valence-corrected chi connectivity index (χ2v) is 5.44. The number of methoxy groups -OCH3 is 1. The van der Waals surface area contributed by atoms with Crippen LogP contribution in [0.5, 0.6) is 5.75 Å². The maximum Gasteiger partial charge on any atom is 0.274 e. The number of likely N-dealkylation sites (tertiary alicyclic amines) is 1. The van der Waals surface area contributed by atoms with Crippen molar-refractivity contribution in [1.82, 2.24) is 14.3 Å². The van der Waals surface area contributed by atoms with Crippen molar-refractivity contribution < 1.29 is 9.53 Å². The summed E-state index contributed by atoms with van der Waals surface area (Å²) < 4.78 is 7.89. The molecule has 1 aliphatic heterocycles. The molecule has 2 aromatic heterocycles. The minimum absolute atomic E-state index is 0.0105. The predicted molar refractivity (Wildman–Crippen MR) is 74.6 cm³/mol. The van der Waals surface area contributed by atoms with Gasteiger partial charge in [0, 0.05) is 31.5 Å². The number of hydrogen-bond acceptors (Lipinski definition) is 3. The van der Waals surface area contributed by atoms with Crippen LogP contribution in [0, 0.1) is 0 Å². The summed E-state index contributed by atoms with van der Waals surface area (Å²) in [5.74, 6) is 0.717. The number of nitrogens with zero attached hydrogens (tertiary/aromatic N) is 3. The number of pyridine rings is 1. The first-order valence-corrected chi connectivity index (χ1v) is 7.00. The molecule has 0 spiro atoms. The molecule has 0 atom stereocenters. The first-order chi connectivity index (χ1) is 9.19. The number of ether oxygens (including phenoxy) is 1. The van der Waals surface area contributed by atoms with Gasteiger partial charge in [0.05, 0.1) is 11.6 Å². The number of rotatable bonds is 2. The molecule has 1 saturated heterocycles. The van der Waals surface area contributed by atoms with Crippen LogP contribution < -0.4 is 4.74 Å². The zero-order chi connectivity index (χ0) is 13.4. The number of aromatic nitrogens is 2. The third kappa shape index (κ3) is 2.20. The van der Waals surface area contributed by atoms with Gasteiger partial charge in [0.1, 0.15) is 17.1 Å². The molecule has 100 valence electrons. The molecular formula is C13H14BrN3O2. The van der Waals surface area contributed by atoms with Gasteiger partial charge >= 0.3 is 0 Å². The zero-order valence-electron chi connectivity index (χ0n) is 10.6. The molecule has 5 nitrogen and oxygen atoms in total. The van der Waals surface area contributed by atoms with Crippen LogP contribution in [0.25, 0.3) is 5.65 Å². The van der Waals surface area contributed by atoms with Gasteiger partial charge in [-0.3, -0.25) is 4.79 Å². The Balaban J connectivity index is 1.99. The lowest BCUT2D eigenvalue weighted by atomic mass is 10.4. The van der Waals surface area contributed by atoms with Crippen LogP contribution >= 0.6 is 15.9 Å². The Morgan fingerprint density at radius 2 is 2.11 bits per heavy atom. The van der Waals surface area contributed by atoms with Crippen molar-refractivity contribution >= 4 is 27.5 Å². The van der Waals surface area contributed by atoms with Crippen molar-refractivity contribution in [3.05, 3.63) is 28.6 Å². The van der Waals surface area contributed by atoms with Gasteiger partial charge in [-0.1, -0.05) is 0 Å². The van der Waals surface area contributed by atoms with Gasteiger partial charge in [-0.05, 0) is 28.8 Å². The van der Waals surface area contributed by atoms with E-state index in [1.165, 1.54) is 0 Å². The van der Waals surface area contributed by atoms with Crippen molar-refractivity contribution in [1.29, 1.82) is 0 Å². The van der Waals surface area contributed by atoms with E-state index < -0.39 is 0 Å². The van der Waals surface area contributed by atoms with Crippen LogP contribution in [0.2, 0.25) is 0 Å². The molecule has 1 fully saturated rings. The van der Waals surface area contributed by atoms with Crippen molar-refractivity contribution in [2.45, 2.75) is 12.8 Å². The van der Waals surface area contributed by atoms with Gasteiger partial charge in [0.25, 0.3) is 5.91 Å². The highest BCUT2D eigenvalue weighted by Gasteiger charge is 2.22. The van der Waals surface area contributed by atoms with E-state index >= 15 is 0 Å². The van der Waals surface area contributed by atoms with E-state index in [2.05, 4.69) is 20.9 Å². The van der Waals surface area contributed by atoms with Gasteiger partial charge < -0.3 is 14.0 Å². The van der Waals surface area contributed by atoms with Crippen LogP contribution in [0.3, 0.4) is 0 Å². The molecule has 3 rings (SSSR count). The van der Waals surface area contributed by atoms with E-state index in [0.29, 0.717) is 17.1 Å². The molecule has 6 heteroatoms. The second-order valence-electron chi connectivity index (χ2n) is 4.58. The van der Waals surface area contributed by atoms with Crippen molar-refractivity contribution in [2.24, 2.45) is 0 Å². The minimum atomic E-state index is 0.0105. The van der Waals surface area contributed by atoms with Crippen LogP contribution in [-0.4, -0.2) is 40.4 Å². The molecule has 0 radical (unpaired) electrons. The van der Waals surface area contributed by atoms with Crippen LogP contribution in [0.4, 0.5) is 0 Å². The standard InChI is InChI=1S/C13H14BrN3O2/c1-19-11-6-12-15-10(8-17(12)7-9(11)14)13(18)16-4-2-3-5-16/h6-8H,2-5H2,1H3. The molecule has 0 aromatic carbocycles. The van der Waals surface area contributed by atoms with Crippen LogP contribution in [0.15, 0.2) is 22.9 Å². The fourth-order valence-electron chi connectivity index (χ4n) is 2.33. The number of carbonyl (C=O) groups excluding carboxylic acids is 1. The highest BCUT2D eigenvalue weighted by molar-refractivity contribution is 9.10. The first-order valence-electron chi connectivity index (χ1n) is 6.20. The molecule has 0 unspecified atom stereocenters. The largest absolute Gasteiger partial charge is 0.495 e. The topological polar surface area (TPSA) is 46.8 Å². The number of halogens is 1. The van der Waals surface area contributed by atoms with E-state index in [4.69, 9.17) is 4.74 Å². The highest BCUT2D eigenvalue weighted by atomic mass is 79.9. The smallest absolute Gasteiger partial charge is 0.274 e. The summed E-state index contributed by atoms with van der Waals surface area (Å²) in [5, 5.41) is 0. The Labute approximate surface area is 119 Å². The summed E-state index contributed by atoms with van der Waals surface area (Å²) in [4.78, 5) is 18.5. The van der Waals surface area contributed by atoms with Crippen LogP contribution in [-0.2, 0) is 0 Å². The van der Waals surface area contributed by atoms with E-state index in [0.717, 1.165) is 30.4 Å². The normalized spacial score (nSPS) is 15.2. The molecule has 19 heavy (non-hydrogen) atoms. The lowest BCUT2D eigenvalue weighted by Gasteiger charge is -2.12. The fraction of sp³-hybridized carbons (Fsp3) is 0.385. The molecular weight excluding hydrogens is 310 g/mol. The van der Waals surface area contributed by atoms with Gasteiger partial charge in [-0.2, -0.15) is 0 Å². The summed E-state index contributed by atoms with van der Waals surface area (Å²) in [7, 11) is 1.61. The monoisotopic (exact) mass is 323 g/mol. The number of fused-ring (bicyclic) bond motifs is 1. The lowest BCUT2D eigenvalue weighted by Crippen LogP contribution is -2.27. The summed E-state index contributed by atoms with van der Waals surface area (Å²) in [6, 6.07) is 1.81. The van der Waals surface area contributed by atoms with Gasteiger partial charge in [0.15, 0.2) is 0 Å².